The Morgan fingerprint density at radius 3 is 2.60 bits per heavy atom. The Balaban J connectivity index is 1.62. The van der Waals surface area contributed by atoms with Crippen LogP contribution in [-0.4, -0.2) is 57.1 Å². The highest BCUT2D eigenvalue weighted by molar-refractivity contribution is 4.90. The van der Waals surface area contributed by atoms with E-state index < -0.39 is 0 Å². The fourth-order valence-corrected chi connectivity index (χ4v) is 2.48. The van der Waals surface area contributed by atoms with Crippen molar-refractivity contribution in [1.29, 1.82) is 0 Å². The van der Waals surface area contributed by atoms with Gasteiger partial charge in [0.15, 0.2) is 5.79 Å². The minimum Gasteiger partial charge on any atom is -0.351 e. The molecule has 0 spiro atoms. The van der Waals surface area contributed by atoms with Gasteiger partial charge in [-0.05, 0) is 25.8 Å². The number of likely N-dealkylation sites (tertiary alicyclic amines) is 1. The predicted octanol–water partition coefficient (Wildman–Crippen LogP) is 0.433. The van der Waals surface area contributed by atoms with Gasteiger partial charge in [-0.25, -0.2) is 0 Å². The number of nitrogens with one attached hydrogen (secondary N) is 1. The van der Waals surface area contributed by atoms with Gasteiger partial charge in [0.2, 0.25) is 0 Å². The molecule has 4 nitrogen and oxygen atoms in total. The highest BCUT2D eigenvalue weighted by atomic mass is 16.7. The van der Waals surface area contributed by atoms with E-state index in [1.165, 1.54) is 25.8 Å². The Kier molecular flexibility index (Phi) is 3.61. The van der Waals surface area contributed by atoms with Crippen molar-refractivity contribution < 1.29 is 9.47 Å². The second-order valence-corrected chi connectivity index (χ2v) is 4.61. The zero-order chi connectivity index (χ0) is 10.7. The molecule has 1 N–H and O–H groups in total. The number of nitrogens with zero attached hydrogens (tertiary/aromatic N) is 1. The SMILES string of the molecule is COC1(OC)CN(CCC2CCCN2)C1. The van der Waals surface area contributed by atoms with Crippen LogP contribution < -0.4 is 5.32 Å². The molecular weight excluding hydrogens is 192 g/mol. The molecule has 2 heterocycles. The van der Waals surface area contributed by atoms with Gasteiger partial charge in [-0.3, -0.25) is 4.90 Å². The van der Waals surface area contributed by atoms with E-state index in [0.29, 0.717) is 0 Å². The largest absolute Gasteiger partial charge is 0.351 e. The third kappa shape index (κ3) is 2.50. The molecule has 15 heavy (non-hydrogen) atoms. The van der Waals surface area contributed by atoms with E-state index in [9.17, 15) is 0 Å². The lowest BCUT2D eigenvalue weighted by atomic mass is 10.1. The first kappa shape index (κ1) is 11.3. The molecule has 2 saturated heterocycles. The van der Waals surface area contributed by atoms with Gasteiger partial charge < -0.3 is 14.8 Å². The molecule has 2 aliphatic rings. The molecule has 1 unspecified atom stereocenters. The summed E-state index contributed by atoms with van der Waals surface area (Å²) < 4.78 is 10.7. The van der Waals surface area contributed by atoms with Gasteiger partial charge in [-0.2, -0.15) is 0 Å². The topological polar surface area (TPSA) is 33.7 Å². The van der Waals surface area contributed by atoms with Crippen LogP contribution in [0, 0.1) is 0 Å². The maximum absolute atomic E-state index is 5.35. The van der Waals surface area contributed by atoms with E-state index in [4.69, 9.17) is 9.47 Å². The van der Waals surface area contributed by atoms with Crippen molar-refractivity contribution in [3.63, 3.8) is 0 Å². The van der Waals surface area contributed by atoms with Crippen molar-refractivity contribution >= 4 is 0 Å². The summed E-state index contributed by atoms with van der Waals surface area (Å²) in [6.07, 6.45) is 3.93. The lowest BCUT2D eigenvalue weighted by Gasteiger charge is -2.47. The van der Waals surface area contributed by atoms with Gasteiger partial charge in [-0.15, -0.1) is 0 Å². The van der Waals surface area contributed by atoms with Crippen LogP contribution in [0.3, 0.4) is 0 Å². The third-order valence-electron chi connectivity index (χ3n) is 3.63. The van der Waals surface area contributed by atoms with Crippen molar-refractivity contribution in [2.24, 2.45) is 0 Å². The summed E-state index contributed by atoms with van der Waals surface area (Å²) in [5, 5.41) is 3.52. The van der Waals surface area contributed by atoms with Crippen molar-refractivity contribution in [2.75, 3.05) is 40.4 Å². The summed E-state index contributed by atoms with van der Waals surface area (Å²) in [7, 11) is 3.44. The predicted molar refractivity (Wildman–Crippen MR) is 58.8 cm³/mol. The van der Waals surface area contributed by atoms with E-state index in [-0.39, 0.29) is 5.79 Å². The molecule has 2 rings (SSSR count). The molecule has 0 saturated carbocycles. The monoisotopic (exact) mass is 214 g/mol. The van der Waals surface area contributed by atoms with Crippen LogP contribution in [0.15, 0.2) is 0 Å². The van der Waals surface area contributed by atoms with Gasteiger partial charge in [0.25, 0.3) is 0 Å². The number of hydrogen-bond acceptors (Lipinski definition) is 4. The van der Waals surface area contributed by atoms with Gasteiger partial charge in [0.1, 0.15) is 0 Å². The molecule has 88 valence electrons. The third-order valence-corrected chi connectivity index (χ3v) is 3.63. The molecule has 0 bridgehead atoms. The molecule has 4 heteroatoms. The lowest BCUT2D eigenvalue weighted by Crippen LogP contribution is -2.64. The normalized spacial score (nSPS) is 30.4. The number of ether oxygens (including phenoxy) is 2. The maximum atomic E-state index is 5.35. The van der Waals surface area contributed by atoms with Crippen LogP contribution in [0.1, 0.15) is 19.3 Å². The Hall–Kier alpha value is -0.160. The van der Waals surface area contributed by atoms with Crippen LogP contribution in [0.25, 0.3) is 0 Å². The fraction of sp³-hybridized carbons (Fsp3) is 1.00. The molecule has 2 aliphatic heterocycles. The van der Waals surface area contributed by atoms with E-state index in [1.807, 2.05) is 0 Å². The van der Waals surface area contributed by atoms with Crippen molar-refractivity contribution in [2.45, 2.75) is 31.1 Å². The standard InChI is InChI=1S/C11H22N2O2/c1-14-11(15-2)8-13(9-11)7-5-10-4-3-6-12-10/h10,12H,3-9H2,1-2H3. The summed E-state index contributed by atoms with van der Waals surface area (Å²) in [6, 6.07) is 0.741. The number of hydrogen-bond donors (Lipinski definition) is 1. The maximum Gasteiger partial charge on any atom is 0.193 e. The van der Waals surface area contributed by atoms with Crippen molar-refractivity contribution in [3.05, 3.63) is 0 Å². The molecule has 1 atom stereocenters. The summed E-state index contributed by atoms with van der Waals surface area (Å²) in [6.45, 7) is 4.18. The van der Waals surface area contributed by atoms with Gasteiger partial charge in [-0.1, -0.05) is 0 Å². The highest BCUT2D eigenvalue weighted by Gasteiger charge is 2.43. The van der Waals surface area contributed by atoms with E-state index >= 15 is 0 Å². The second-order valence-electron chi connectivity index (χ2n) is 4.61. The molecule has 0 aromatic rings. The smallest absolute Gasteiger partial charge is 0.193 e. The summed E-state index contributed by atoms with van der Waals surface area (Å²) in [4.78, 5) is 2.40. The summed E-state index contributed by atoms with van der Waals surface area (Å²) in [5.41, 5.74) is 0. The lowest BCUT2D eigenvalue weighted by molar-refractivity contribution is -0.275. The van der Waals surface area contributed by atoms with Crippen LogP contribution in [0.4, 0.5) is 0 Å². The zero-order valence-corrected chi connectivity index (χ0v) is 9.79. The van der Waals surface area contributed by atoms with Gasteiger partial charge in [0.05, 0.1) is 13.1 Å². The molecular formula is C11H22N2O2. The molecule has 0 amide bonds. The number of rotatable bonds is 5. The fourth-order valence-electron chi connectivity index (χ4n) is 2.48. The molecule has 0 radical (unpaired) electrons. The Bertz CT molecular complexity index is 193. The average molecular weight is 214 g/mol. The summed E-state index contributed by atoms with van der Waals surface area (Å²) >= 11 is 0. The average Bonchev–Trinajstić information content (AvgIpc) is 2.70. The Labute approximate surface area is 91.9 Å². The first-order valence-electron chi connectivity index (χ1n) is 5.84. The zero-order valence-electron chi connectivity index (χ0n) is 9.79. The highest BCUT2D eigenvalue weighted by Crippen LogP contribution is 2.25. The van der Waals surface area contributed by atoms with E-state index in [1.54, 1.807) is 14.2 Å². The molecule has 2 fully saturated rings. The number of methoxy groups -OCH3 is 2. The molecule has 0 aliphatic carbocycles. The Morgan fingerprint density at radius 2 is 2.07 bits per heavy atom. The van der Waals surface area contributed by atoms with Crippen LogP contribution in [-0.2, 0) is 9.47 Å². The second kappa shape index (κ2) is 4.78. The Morgan fingerprint density at radius 1 is 1.33 bits per heavy atom. The molecule has 0 aromatic heterocycles. The van der Waals surface area contributed by atoms with E-state index in [2.05, 4.69) is 10.2 Å². The van der Waals surface area contributed by atoms with Crippen LogP contribution in [0.5, 0.6) is 0 Å². The van der Waals surface area contributed by atoms with Gasteiger partial charge in [0, 0.05) is 26.8 Å². The quantitative estimate of drug-likeness (QED) is 0.673. The van der Waals surface area contributed by atoms with Gasteiger partial charge >= 0.3 is 0 Å². The first-order chi connectivity index (χ1) is 7.28. The van der Waals surface area contributed by atoms with E-state index in [0.717, 1.165) is 25.7 Å². The van der Waals surface area contributed by atoms with Crippen LogP contribution >= 0.6 is 0 Å². The minimum atomic E-state index is -0.316. The first-order valence-corrected chi connectivity index (χ1v) is 5.84. The molecule has 0 aromatic carbocycles. The van der Waals surface area contributed by atoms with Crippen molar-refractivity contribution in [3.8, 4) is 0 Å². The van der Waals surface area contributed by atoms with Crippen molar-refractivity contribution in [1.82, 2.24) is 10.2 Å². The van der Waals surface area contributed by atoms with Crippen LogP contribution in [0.2, 0.25) is 0 Å². The minimum absolute atomic E-state index is 0.316. The summed E-state index contributed by atoms with van der Waals surface area (Å²) in [5.74, 6) is -0.316.